The number of benzene rings is 1. The summed E-state index contributed by atoms with van der Waals surface area (Å²) in [6, 6.07) is 4.61. The topological polar surface area (TPSA) is 35.2 Å². The van der Waals surface area contributed by atoms with E-state index in [0.29, 0.717) is 5.75 Å². The fourth-order valence-corrected chi connectivity index (χ4v) is 1.62. The van der Waals surface area contributed by atoms with Crippen molar-refractivity contribution in [1.82, 2.24) is 0 Å². The quantitative estimate of drug-likeness (QED) is 0.822. The summed E-state index contributed by atoms with van der Waals surface area (Å²) in [5.74, 6) is 0.178. The molecular formula is C10H11ClFNO. The van der Waals surface area contributed by atoms with Crippen LogP contribution in [0.2, 0.25) is 5.02 Å². The minimum absolute atomic E-state index is 0.0890. The molecular weight excluding hydrogens is 205 g/mol. The maximum absolute atomic E-state index is 12.8. The molecule has 0 bridgehead atoms. The second-order valence-corrected chi connectivity index (χ2v) is 3.95. The summed E-state index contributed by atoms with van der Waals surface area (Å²) >= 11 is 5.61. The highest BCUT2D eigenvalue weighted by atomic mass is 35.5. The lowest BCUT2D eigenvalue weighted by Crippen LogP contribution is -2.43. The third kappa shape index (κ3) is 1.99. The van der Waals surface area contributed by atoms with Crippen LogP contribution in [0.1, 0.15) is 12.8 Å². The molecule has 2 nitrogen and oxygen atoms in total. The molecule has 76 valence electrons. The van der Waals surface area contributed by atoms with E-state index in [9.17, 15) is 4.39 Å². The molecule has 0 atom stereocenters. The van der Waals surface area contributed by atoms with Gasteiger partial charge in [-0.1, -0.05) is 11.6 Å². The second-order valence-electron chi connectivity index (χ2n) is 3.55. The van der Waals surface area contributed by atoms with Crippen LogP contribution < -0.4 is 10.5 Å². The SMILES string of the molecule is NC1CC(Oc2ccc(F)c(Cl)c2)C1. The molecule has 0 spiro atoms. The summed E-state index contributed by atoms with van der Waals surface area (Å²) in [5, 5.41) is 0.0890. The highest BCUT2D eigenvalue weighted by molar-refractivity contribution is 6.30. The zero-order valence-corrected chi connectivity index (χ0v) is 8.30. The highest BCUT2D eigenvalue weighted by Gasteiger charge is 2.27. The molecule has 0 aromatic heterocycles. The Morgan fingerprint density at radius 3 is 2.71 bits per heavy atom. The van der Waals surface area contributed by atoms with Crippen LogP contribution in [0.25, 0.3) is 0 Å². The van der Waals surface area contributed by atoms with E-state index >= 15 is 0 Å². The third-order valence-electron chi connectivity index (χ3n) is 2.33. The van der Waals surface area contributed by atoms with Crippen LogP contribution in [-0.4, -0.2) is 12.1 Å². The maximum atomic E-state index is 12.8. The van der Waals surface area contributed by atoms with E-state index in [1.165, 1.54) is 12.1 Å². The Morgan fingerprint density at radius 2 is 2.14 bits per heavy atom. The number of ether oxygens (including phenoxy) is 1. The monoisotopic (exact) mass is 215 g/mol. The predicted octanol–water partition coefficient (Wildman–Crippen LogP) is 2.35. The first kappa shape index (κ1) is 9.74. The predicted molar refractivity (Wildman–Crippen MR) is 53.0 cm³/mol. The largest absolute Gasteiger partial charge is 0.490 e. The Hall–Kier alpha value is -0.800. The van der Waals surface area contributed by atoms with Gasteiger partial charge in [0, 0.05) is 12.1 Å². The number of hydrogen-bond acceptors (Lipinski definition) is 2. The number of halogens is 2. The number of hydrogen-bond donors (Lipinski definition) is 1. The van der Waals surface area contributed by atoms with Crippen molar-refractivity contribution >= 4 is 11.6 Å². The molecule has 1 fully saturated rings. The van der Waals surface area contributed by atoms with E-state index in [2.05, 4.69) is 0 Å². The van der Waals surface area contributed by atoms with Crippen molar-refractivity contribution in [1.29, 1.82) is 0 Å². The van der Waals surface area contributed by atoms with Gasteiger partial charge in [0.1, 0.15) is 17.7 Å². The average Bonchev–Trinajstić information content (AvgIpc) is 2.09. The van der Waals surface area contributed by atoms with Crippen molar-refractivity contribution in [2.24, 2.45) is 5.73 Å². The Bertz CT molecular complexity index is 339. The van der Waals surface area contributed by atoms with Crippen LogP contribution in [-0.2, 0) is 0 Å². The second kappa shape index (κ2) is 3.75. The summed E-state index contributed by atoms with van der Waals surface area (Å²) in [6.07, 6.45) is 1.87. The number of nitrogens with two attached hydrogens (primary N) is 1. The van der Waals surface area contributed by atoms with Gasteiger partial charge >= 0.3 is 0 Å². The first-order chi connectivity index (χ1) is 6.65. The normalized spacial score (nSPS) is 25.6. The van der Waals surface area contributed by atoms with Crippen molar-refractivity contribution in [2.45, 2.75) is 25.0 Å². The Kier molecular flexibility index (Phi) is 2.61. The fourth-order valence-electron chi connectivity index (χ4n) is 1.45. The molecule has 14 heavy (non-hydrogen) atoms. The van der Waals surface area contributed by atoms with Gasteiger partial charge in [0.05, 0.1) is 5.02 Å². The lowest BCUT2D eigenvalue weighted by molar-refractivity contribution is 0.101. The summed E-state index contributed by atoms with van der Waals surface area (Å²) in [4.78, 5) is 0. The summed E-state index contributed by atoms with van der Waals surface area (Å²) < 4.78 is 18.3. The van der Waals surface area contributed by atoms with E-state index in [4.69, 9.17) is 22.1 Å². The van der Waals surface area contributed by atoms with Gasteiger partial charge in [-0.15, -0.1) is 0 Å². The van der Waals surface area contributed by atoms with E-state index in [1.54, 1.807) is 6.07 Å². The zero-order valence-electron chi connectivity index (χ0n) is 7.54. The van der Waals surface area contributed by atoms with Gasteiger partial charge < -0.3 is 10.5 Å². The van der Waals surface area contributed by atoms with E-state index < -0.39 is 5.82 Å². The molecule has 1 aliphatic carbocycles. The van der Waals surface area contributed by atoms with Crippen molar-refractivity contribution in [3.05, 3.63) is 29.0 Å². The van der Waals surface area contributed by atoms with E-state index in [0.717, 1.165) is 12.8 Å². The Labute approximate surface area is 86.8 Å². The average molecular weight is 216 g/mol. The van der Waals surface area contributed by atoms with Crippen LogP contribution in [0.3, 0.4) is 0 Å². The summed E-state index contributed by atoms with van der Waals surface area (Å²) in [7, 11) is 0. The van der Waals surface area contributed by atoms with Crippen LogP contribution in [0.5, 0.6) is 5.75 Å². The summed E-state index contributed by atoms with van der Waals surface area (Å²) in [5.41, 5.74) is 5.61. The first-order valence-corrected chi connectivity index (χ1v) is 4.90. The fraction of sp³-hybridized carbons (Fsp3) is 0.400. The van der Waals surface area contributed by atoms with Gasteiger partial charge in [0.2, 0.25) is 0 Å². The molecule has 1 aliphatic rings. The van der Waals surface area contributed by atoms with Crippen LogP contribution in [0.4, 0.5) is 4.39 Å². The van der Waals surface area contributed by atoms with E-state index in [-0.39, 0.29) is 17.2 Å². The standard InChI is InChI=1S/C10H11ClFNO/c11-9-5-7(1-2-10(9)12)14-8-3-6(13)4-8/h1-2,5-6,8H,3-4,13H2. The molecule has 0 unspecified atom stereocenters. The Morgan fingerprint density at radius 1 is 1.43 bits per heavy atom. The van der Waals surface area contributed by atoms with Gasteiger partial charge in [-0.05, 0) is 25.0 Å². The van der Waals surface area contributed by atoms with Crippen LogP contribution in [0.15, 0.2) is 18.2 Å². The van der Waals surface area contributed by atoms with Crippen molar-refractivity contribution in [2.75, 3.05) is 0 Å². The van der Waals surface area contributed by atoms with Gasteiger partial charge in [-0.25, -0.2) is 4.39 Å². The number of rotatable bonds is 2. The maximum Gasteiger partial charge on any atom is 0.142 e. The smallest absolute Gasteiger partial charge is 0.142 e. The van der Waals surface area contributed by atoms with E-state index in [1.807, 2.05) is 0 Å². The molecule has 0 aliphatic heterocycles. The zero-order chi connectivity index (χ0) is 10.1. The van der Waals surface area contributed by atoms with Crippen molar-refractivity contribution < 1.29 is 9.13 Å². The van der Waals surface area contributed by atoms with Gasteiger partial charge in [0.25, 0.3) is 0 Å². The van der Waals surface area contributed by atoms with Crippen LogP contribution >= 0.6 is 11.6 Å². The molecule has 0 saturated heterocycles. The molecule has 2 rings (SSSR count). The Balaban J connectivity index is 2.00. The molecule has 0 radical (unpaired) electrons. The van der Waals surface area contributed by atoms with Crippen molar-refractivity contribution in [3.8, 4) is 5.75 Å². The van der Waals surface area contributed by atoms with Gasteiger partial charge in [-0.3, -0.25) is 0 Å². The first-order valence-electron chi connectivity index (χ1n) is 4.52. The molecule has 1 saturated carbocycles. The van der Waals surface area contributed by atoms with Crippen LogP contribution in [0, 0.1) is 5.82 Å². The molecule has 1 aromatic rings. The highest BCUT2D eigenvalue weighted by Crippen LogP contribution is 2.27. The lowest BCUT2D eigenvalue weighted by Gasteiger charge is -2.32. The molecule has 4 heteroatoms. The minimum Gasteiger partial charge on any atom is -0.490 e. The lowest BCUT2D eigenvalue weighted by atomic mass is 9.90. The molecule has 0 heterocycles. The molecule has 0 amide bonds. The van der Waals surface area contributed by atoms with Crippen molar-refractivity contribution in [3.63, 3.8) is 0 Å². The van der Waals surface area contributed by atoms with Gasteiger partial charge in [-0.2, -0.15) is 0 Å². The van der Waals surface area contributed by atoms with Gasteiger partial charge in [0.15, 0.2) is 0 Å². The molecule has 2 N–H and O–H groups in total. The summed E-state index contributed by atoms with van der Waals surface area (Å²) in [6.45, 7) is 0. The minimum atomic E-state index is -0.427. The molecule has 1 aromatic carbocycles. The third-order valence-corrected chi connectivity index (χ3v) is 2.61.